The maximum absolute atomic E-state index is 5.03. The molecule has 1 unspecified atom stereocenters. The van der Waals surface area contributed by atoms with E-state index >= 15 is 0 Å². The van der Waals surface area contributed by atoms with Crippen molar-refractivity contribution in [1.29, 1.82) is 0 Å². The van der Waals surface area contributed by atoms with Crippen LogP contribution in [0.2, 0.25) is 0 Å². The standard InChI is InChI=1S/C11H14N4OS/c1-8(11-12-3-4-17-11)6-13-9-5-10(16-2)15-7-14-9/h3-5,7-8H,6H2,1-2H3,(H,13,14,15). The topological polar surface area (TPSA) is 59.9 Å². The zero-order valence-corrected chi connectivity index (χ0v) is 10.6. The van der Waals surface area contributed by atoms with Gasteiger partial charge >= 0.3 is 0 Å². The molecule has 0 saturated carbocycles. The van der Waals surface area contributed by atoms with Gasteiger partial charge in [-0.1, -0.05) is 6.92 Å². The molecule has 5 nitrogen and oxygen atoms in total. The molecule has 0 aromatic carbocycles. The second kappa shape index (κ2) is 5.58. The lowest BCUT2D eigenvalue weighted by Crippen LogP contribution is -2.10. The number of anilines is 1. The quantitative estimate of drug-likeness (QED) is 0.881. The predicted octanol–water partition coefficient (Wildman–Crippen LogP) is 2.16. The minimum absolute atomic E-state index is 0.357. The van der Waals surface area contributed by atoms with Gasteiger partial charge in [0.25, 0.3) is 0 Å². The molecule has 17 heavy (non-hydrogen) atoms. The van der Waals surface area contributed by atoms with Gasteiger partial charge in [0.2, 0.25) is 5.88 Å². The first-order chi connectivity index (χ1) is 8.29. The minimum Gasteiger partial charge on any atom is -0.481 e. The van der Waals surface area contributed by atoms with Crippen LogP contribution < -0.4 is 10.1 Å². The van der Waals surface area contributed by atoms with Gasteiger partial charge in [0.15, 0.2) is 0 Å². The molecule has 6 heteroatoms. The van der Waals surface area contributed by atoms with Crippen LogP contribution in [-0.4, -0.2) is 28.6 Å². The Morgan fingerprint density at radius 3 is 3.00 bits per heavy atom. The monoisotopic (exact) mass is 250 g/mol. The van der Waals surface area contributed by atoms with Crippen LogP contribution in [0.3, 0.4) is 0 Å². The van der Waals surface area contributed by atoms with Crippen molar-refractivity contribution in [2.75, 3.05) is 19.0 Å². The van der Waals surface area contributed by atoms with E-state index in [4.69, 9.17) is 4.74 Å². The highest BCUT2D eigenvalue weighted by Gasteiger charge is 2.08. The van der Waals surface area contributed by atoms with Gasteiger partial charge in [0, 0.05) is 30.1 Å². The summed E-state index contributed by atoms with van der Waals surface area (Å²) in [7, 11) is 1.59. The van der Waals surface area contributed by atoms with E-state index in [1.165, 1.54) is 6.33 Å². The number of nitrogens with zero attached hydrogens (tertiary/aromatic N) is 3. The summed E-state index contributed by atoms with van der Waals surface area (Å²) in [5, 5.41) is 6.35. The van der Waals surface area contributed by atoms with E-state index in [2.05, 4.69) is 27.2 Å². The lowest BCUT2D eigenvalue weighted by Gasteiger charge is -2.10. The van der Waals surface area contributed by atoms with Gasteiger partial charge in [0.05, 0.1) is 12.1 Å². The maximum Gasteiger partial charge on any atom is 0.218 e. The zero-order valence-electron chi connectivity index (χ0n) is 9.75. The van der Waals surface area contributed by atoms with E-state index < -0.39 is 0 Å². The molecule has 90 valence electrons. The molecule has 0 radical (unpaired) electrons. The number of ether oxygens (including phenoxy) is 1. The summed E-state index contributed by atoms with van der Waals surface area (Å²) in [5.74, 6) is 1.68. The molecule has 2 aromatic heterocycles. The Morgan fingerprint density at radius 2 is 2.29 bits per heavy atom. The lowest BCUT2D eigenvalue weighted by molar-refractivity contribution is 0.397. The molecule has 0 aliphatic carbocycles. The summed E-state index contributed by atoms with van der Waals surface area (Å²) < 4.78 is 5.03. The van der Waals surface area contributed by atoms with E-state index in [0.29, 0.717) is 11.8 Å². The fourth-order valence-electron chi connectivity index (χ4n) is 1.37. The van der Waals surface area contributed by atoms with Gasteiger partial charge in [0.1, 0.15) is 12.1 Å². The van der Waals surface area contributed by atoms with Crippen molar-refractivity contribution in [2.24, 2.45) is 0 Å². The van der Waals surface area contributed by atoms with Gasteiger partial charge < -0.3 is 10.1 Å². The van der Waals surface area contributed by atoms with Gasteiger partial charge in [-0.3, -0.25) is 0 Å². The van der Waals surface area contributed by atoms with Crippen molar-refractivity contribution < 1.29 is 4.74 Å². The number of thiazole rings is 1. The van der Waals surface area contributed by atoms with Gasteiger partial charge in [-0.15, -0.1) is 11.3 Å². The van der Waals surface area contributed by atoms with Crippen LogP contribution in [0.15, 0.2) is 24.0 Å². The number of rotatable bonds is 5. The average Bonchev–Trinajstić information content (AvgIpc) is 2.90. The smallest absolute Gasteiger partial charge is 0.218 e. The highest BCUT2D eigenvalue weighted by molar-refractivity contribution is 7.09. The Bertz CT molecular complexity index is 460. The Labute approximate surface area is 104 Å². The molecule has 1 N–H and O–H groups in total. The van der Waals surface area contributed by atoms with Crippen molar-refractivity contribution in [3.05, 3.63) is 29.0 Å². The molecular formula is C11H14N4OS. The van der Waals surface area contributed by atoms with Crippen molar-refractivity contribution in [3.63, 3.8) is 0 Å². The number of hydrogen-bond donors (Lipinski definition) is 1. The fraction of sp³-hybridized carbons (Fsp3) is 0.364. The summed E-state index contributed by atoms with van der Waals surface area (Å²) in [6.45, 7) is 2.91. The third-order valence-corrected chi connectivity index (χ3v) is 3.32. The SMILES string of the molecule is COc1cc(NCC(C)c2nccs2)ncn1. The van der Waals surface area contributed by atoms with Crippen LogP contribution in [-0.2, 0) is 0 Å². The Balaban J connectivity index is 1.93. The lowest BCUT2D eigenvalue weighted by atomic mass is 10.2. The molecule has 2 aromatic rings. The molecule has 0 fully saturated rings. The number of hydrogen-bond acceptors (Lipinski definition) is 6. The summed E-state index contributed by atoms with van der Waals surface area (Å²) in [4.78, 5) is 12.4. The van der Waals surface area contributed by atoms with Crippen molar-refractivity contribution in [2.45, 2.75) is 12.8 Å². The Morgan fingerprint density at radius 1 is 1.41 bits per heavy atom. The number of aromatic nitrogens is 3. The van der Waals surface area contributed by atoms with E-state index in [9.17, 15) is 0 Å². The van der Waals surface area contributed by atoms with E-state index in [1.807, 2.05) is 11.6 Å². The van der Waals surface area contributed by atoms with E-state index in [1.54, 1.807) is 24.5 Å². The van der Waals surface area contributed by atoms with Crippen LogP contribution >= 0.6 is 11.3 Å². The first-order valence-corrected chi connectivity index (χ1v) is 6.17. The van der Waals surface area contributed by atoms with Gasteiger partial charge in [-0.05, 0) is 0 Å². The van der Waals surface area contributed by atoms with Crippen molar-refractivity contribution in [3.8, 4) is 5.88 Å². The molecular weight excluding hydrogens is 236 g/mol. The van der Waals surface area contributed by atoms with Crippen molar-refractivity contribution in [1.82, 2.24) is 15.0 Å². The van der Waals surface area contributed by atoms with Crippen LogP contribution in [0, 0.1) is 0 Å². The number of nitrogens with one attached hydrogen (secondary N) is 1. The van der Waals surface area contributed by atoms with Crippen LogP contribution in [0.5, 0.6) is 5.88 Å². The van der Waals surface area contributed by atoms with Gasteiger partial charge in [-0.2, -0.15) is 0 Å². The van der Waals surface area contributed by atoms with E-state index in [0.717, 1.165) is 17.4 Å². The number of methoxy groups -OCH3 is 1. The van der Waals surface area contributed by atoms with E-state index in [-0.39, 0.29) is 0 Å². The normalized spacial score (nSPS) is 12.1. The molecule has 0 aliphatic heterocycles. The molecule has 2 heterocycles. The molecule has 0 bridgehead atoms. The predicted molar refractivity (Wildman–Crippen MR) is 67.6 cm³/mol. The average molecular weight is 250 g/mol. The summed E-state index contributed by atoms with van der Waals surface area (Å²) >= 11 is 1.67. The fourth-order valence-corrected chi connectivity index (χ4v) is 2.07. The summed E-state index contributed by atoms with van der Waals surface area (Å²) in [5.41, 5.74) is 0. The van der Waals surface area contributed by atoms with Crippen molar-refractivity contribution >= 4 is 17.2 Å². The molecule has 0 spiro atoms. The molecule has 0 saturated heterocycles. The third-order valence-electron chi connectivity index (χ3n) is 2.31. The second-order valence-electron chi connectivity index (χ2n) is 3.60. The summed E-state index contributed by atoms with van der Waals surface area (Å²) in [6.07, 6.45) is 3.31. The first kappa shape index (κ1) is 11.8. The van der Waals surface area contributed by atoms with Crippen LogP contribution in [0.4, 0.5) is 5.82 Å². The highest BCUT2D eigenvalue weighted by Crippen LogP contribution is 2.18. The molecule has 1 atom stereocenters. The summed E-state index contributed by atoms with van der Waals surface area (Å²) in [6, 6.07) is 1.77. The Kier molecular flexibility index (Phi) is 3.87. The minimum atomic E-state index is 0.357. The third kappa shape index (κ3) is 3.13. The molecule has 0 aliphatic rings. The molecule has 2 rings (SSSR count). The largest absolute Gasteiger partial charge is 0.481 e. The molecule has 0 amide bonds. The van der Waals surface area contributed by atoms with Crippen LogP contribution in [0.1, 0.15) is 17.8 Å². The maximum atomic E-state index is 5.03. The second-order valence-corrected chi connectivity index (χ2v) is 4.52. The zero-order chi connectivity index (χ0) is 12.1. The first-order valence-electron chi connectivity index (χ1n) is 5.29. The Hall–Kier alpha value is -1.69. The van der Waals surface area contributed by atoms with Gasteiger partial charge in [-0.25, -0.2) is 15.0 Å². The highest BCUT2D eigenvalue weighted by atomic mass is 32.1. The van der Waals surface area contributed by atoms with Crippen LogP contribution in [0.25, 0.3) is 0 Å².